The van der Waals surface area contributed by atoms with Crippen molar-refractivity contribution in [3.63, 3.8) is 0 Å². The van der Waals surface area contributed by atoms with Crippen LogP contribution < -0.4 is 10.2 Å². The van der Waals surface area contributed by atoms with Crippen LogP contribution in [0.25, 0.3) is 0 Å². The maximum absolute atomic E-state index is 14.5. The van der Waals surface area contributed by atoms with E-state index in [0.29, 0.717) is 24.2 Å². The number of nitrogens with one attached hydrogen (secondary N) is 1. The normalized spacial score (nSPS) is 20.8. The van der Waals surface area contributed by atoms with Gasteiger partial charge in [0.1, 0.15) is 5.82 Å². The molecule has 4 rings (SSSR count). The first-order chi connectivity index (χ1) is 14.2. The smallest absolute Gasteiger partial charge is 0.282 e. The molecule has 0 radical (unpaired) electrons. The van der Waals surface area contributed by atoms with Crippen molar-refractivity contribution in [1.82, 2.24) is 9.62 Å². The van der Waals surface area contributed by atoms with E-state index in [4.69, 9.17) is 0 Å². The number of hydrogen-bond donors (Lipinski definition) is 1. The first-order valence-electron chi connectivity index (χ1n) is 9.56. The summed E-state index contributed by atoms with van der Waals surface area (Å²) in [5, 5.41) is 2.99. The van der Waals surface area contributed by atoms with Gasteiger partial charge in [-0.25, -0.2) is 21.6 Å². The van der Waals surface area contributed by atoms with E-state index < -0.39 is 40.9 Å². The van der Waals surface area contributed by atoms with Crippen molar-refractivity contribution in [2.75, 3.05) is 31.6 Å². The fourth-order valence-electron chi connectivity index (χ4n) is 3.89. The molecule has 0 aromatic heterocycles. The molecule has 9 heteroatoms. The summed E-state index contributed by atoms with van der Waals surface area (Å²) in [4.78, 5) is 1.41. The Bertz CT molecular complexity index is 1080. The van der Waals surface area contributed by atoms with Gasteiger partial charge in [0.25, 0.3) is 15.9 Å². The highest BCUT2D eigenvalue weighted by Gasteiger charge is 2.44. The van der Waals surface area contributed by atoms with Crippen LogP contribution in [0.1, 0.15) is 18.0 Å². The number of nitrogens with zero attached hydrogens (tertiary/aromatic N) is 2. The second-order valence-electron chi connectivity index (χ2n) is 7.60. The first-order valence-corrected chi connectivity index (χ1v) is 11.0. The van der Waals surface area contributed by atoms with E-state index in [9.17, 15) is 21.6 Å². The van der Waals surface area contributed by atoms with Crippen LogP contribution >= 0.6 is 0 Å². The van der Waals surface area contributed by atoms with E-state index in [-0.39, 0.29) is 4.90 Å². The number of rotatable bonds is 6. The van der Waals surface area contributed by atoms with Gasteiger partial charge in [-0.1, -0.05) is 24.3 Å². The lowest BCUT2D eigenvalue weighted by atomic mass is 10.0. The summed E-state index contributed by atoms with van der Waals surface area (Å²) in [5.41, 5.74) is 1.54. The zero-order valence-corrected chi connectivity index (χ0v) is 17.2. The van der Waals surface area contributed by atoms with Crippen LogP contribution in [-0.2, 0) is 10.0 Å². The van der Waals surface area contributed by atoms with Crippen LogP contribution in [0.2, 0.25) is 0 Å². The van der Waals surface area contributed by atoms with Crippen molar-refractivity contribution in [3.05, 3.63) is 71.7 Å². The van der Waals surface area contributed by atoms with Gasteiger partial charge in [0.05, 0.1) is 24.0 Å². The first kappa shape index (κ1) is 20.7. The van der Waals surface area contributed by atoms with Crippen LogP contribution in [0, 0.1) is 5.82 Å². The summed E-state index contributed by atoms with van der Waals surface area (Å²) in [5.74, 6) is -3.23. The Morgan fingerprint density at radius 3 is 2.53 bits per heavy atom. The molecular formula is C21H22F3N3O2S. The summed E-state index contributed by atoms with van der Waals surface area (Å²) in [7, 11) is -2.27. The monoisotopic (exact) mass is 437 g/mol. The van der Waals surface area contributed by atoms with Gasteiger partial charge in [-0.3, -0.25) is 4.31 Å². The molecule has 0 bridgehead atoms. The van der Waals surface area contributed by atoms with E-state index in [1.54, 1.807) is 31.3 Å². The summed E-state index contributed by atoms with van der Waals surface area (Å²) in [6, 6.07) is 11.4. The van der Waals surface area contributed by atoms with E-state index in [1.165, 1.54) is 39.7 Å². The van der Waals surface area contributed by atoms with Gasteiger partial charge >= 0.3 is 0 Å². The largest absolute Gasteiger partial charge is 0.359 e. The molecule has 2 aromatic rings. The molecule has 2 aliphatic heterocycles. The van der Waals surface area contributed by atoms with Gasteiger partial charge in [-0.05, 0) is 43.3 Å². The van der Waals surface area contributed by atoms with Gasteiger partial charge in [0, 0.05) is 24.0 Å². The van der Waals surface area contributed by atoms with Crippen molar-refractivity contribution in [2.24, 2.45) is 0 Å². The van der Waals surface area contributed by atoms with E-state index in [0.717, 1.165) is 5.57 Å². The van der Waals surface area contributed by atoms with Crippen molar-refractivity contribution in [2.45, 2.75) is 23.3 Å². The molecule has 2 aliphatic rings. The van der Waals surface area contributed by atoms with Gasteiger partial charge in [-0.15, -0.1) is 0 Å². The number of alkyl halides is 2. The topological polar surface area (TPSA) is 52.7 Å². The molecule has 1 saturated heterocycles. The molecular weight excluding hydrogens is 415 g/mol. The van der Waals surface area contributed by atoms with Crippen LogP contribution in [0.15, 0.2) is 65.2 Å². The van der Waals surface area contributed by atoms with Crippen LogP contribution in [0.4, 0.5) is 18.9 Å². The van der Waals surface area contributed by atoms with Crippen LogP contribution in [0.5, 0.6) is 0 Å². The quantitative estimate of drug-likeness (QED) is 0.752. The number of halogens is 3. The van der Waals surface area contributed by atoms with E-state index in [2.05, 4.69) is 5.32 Å². The molecule has 1 unspecified atom stereocenters. The third-order valence-corrected chi connectivity index (χ3v) is 7.11. The number of hydrogen-bond acceptors (Lipinski definition) is 4. The number of sulfonamides is 1. The molecule has 2 aromatic carbocycles. The predicted molar refractivity (Wildman–Crippen MR) is 108 cm³/mol. The third-order valence-electron chi connectivity index (χ3n) is 5.34. The van der Waals surface area contributed by atoms with Gasteiger partial charge < -0.3 is 10.2 Å². The van der Waals surface area contributed by atoms with E-state index in [1.807, 2.05) is 0 Å². The Morgan fingerprint density at radius 2 is 1.87 bits per heavy atom. The zero-order valence-electron chi connectivity index (χ0n) is 16.4. The lowest BCUT2D eigenvalue weighted by Crippen LogP contribution is -2.56. The maximum Gasteiger partial charge on any atom is 0.282 e. The van der Waals surface area contributed by atoms with Crippen molar-refractivity contribution in [3.8, 4) is 0 Å². The molecule has 5 nitrogen and oxygen atoms in total. The predicted octanol–water partition coefficient (Wildman–Crippen LogP) is 3.52. The second-order valence-corrected chi connectivity index (χ2v) is 9.45. The standard InChI is InChI=1S/C21H22F3N3O2S/c1-25-11-15-9-20(18-7-2-3-8-19(18)22)27(12-15)30(28,29)17-6-4-5-16(10-17)26-13-21(23,24)14-26/h2-8,10,12,20,25H,9,11,13-14H2,1H3. The Kier molecular flexibility index (Phi) is 5.27. The second kappa shape index (κ2) is 7.63. The Balaban J connectivity index is 1.70. The highest BCUT2D eigenvalue weighted by atomic mass is 32.2. The SMILES string of the molecule is CNCC1=CN(S(=O)(=O)c2cccc(N3CC(F)(F)C3)c2)C(c2ccccc2F)C1. The van der Waals surface area contributed by atoms with Gasteiger partial charge in [0.2, 0.25) is 0 Å². The molecule has 0 saturated carbocycles. The minimum absolute atomic E-state index is 0.0153. The summed E-state index contributed by atoms with van der Waals surface area (Å²) in [6.45, 7) is -0.408. The van der Waals surface area contributed by atoms with Gasteiger partial charge in [0.15, 0.2) is 0 Å². The molecule has 0 spiro atoms. The molecule has 0 amide bonds. The fourth-order valence-corrected chi connectivity index (χ4v) is 5.47. The highest BCUT2D eigenvalue weighted by Crippen LogP contribution is 2.40. The molecule has 1 atom stereocenters. The lowest BCUT2D eigenvalue weighted by molar-refractivity contribution is -0.0262. The molecule has 2 heterocycles. The van der Waals surface area contributed by atoms with Crippen molar-refractivity contribution >= 4 is 15.7 Å². The summed E-state index contributed by atoms with van der Waals surface area (Å²) < 4.78 is 69.0. The summed E-state index contributed by atoms with van der Waals surface area (Å²) >= 11 is 0. The Labute approximate surface area is 173 Å². The number of benzene rings is 2. The number of likely N-dealkylation sites (N-methyl/N-ethyl adjacent to an activating group) is 1. The fraction of sp³-hybridized carbons (Fsp3) is 0.333. The average Bonchev–Trinajstić information content (AvgIpc) is 3.11. The average molecular weight is 437 g/mol. The van der Waals surface area contributed by atoms with Crippen molar-refractivity contribution in [1.29, 1.82) is 0 Å². The number of anilines is 1. The lowest BCUT2D eigenvalue weighted by Gasteiger charge is -2.40. The van der Waals surface area contributed by atoms with Crippen molar-refractivity contribution < 1.29 is 21.6 Å². The third kappa shape index (κ3) is 3.79. The Morgan fingerprint density at radius 1 is 1.13 bits per heavy atom. The maximum atomic E-state index is 14.5. The van der Waals surface area contributed by atoms with Crippen LogP contribution in [0.3, 0.4) is 0 Å². The molecule has 160 valence electrons. The molecule has 30 heavy (non-hydrogen) atoms. The summed E-state index contributed by atoms with van der Waals surface area (Å²) in [6.07, 6.45) is 1.90. The van der Waals surface area contributed by atoms with Crippen LogP contribution in [-0.4, -0.2) is 45.3 Å². The minimum atomic E-state index is -4.02. The van der Waals surface area contributed by atoms with Gasteiger partial charge in [-0.2, -0.15) is 0 Å². The molecule has 1 N–H and O–H groups in total. The minimum Gasteiger partial charge on any atom is -0.359 e. The zero-order chi connectivity index (χ0) is 21.5. The molecule has 1 fully saturated rings. The van der Waals surface area contributed by atoms with E-state index >= 15 is 0 Å². The Hall–Kier alpha value is -2.52. The highest BCUT2D eigenvalue weighted by molar-refractivity contribution is 7.89. The molecule has 0 aliphatic carbocycles.